The van der Waals surface area contributed by atoms with Crippen LogP contribution < -0.4 is 5.32 Å². The molecule has 0 aliphatic heterocycles. The van der Waals surface area contributed by atoms with Crippen LogP contribution >= 0.6 is 0 Å². The molecule has 3 aromatic carbocycles. The van der Waals surface area contributed by atoms with Crippen LogP contribution in [0.4, 0.5) is 4.39 Å². The van der Waals surface area contributed by atoms with Crippen LogP contribution in [-0.4, -0.2) is 0 Å². The molecule has 0 bridgehead atoms. The van der Waals surface area contributed by atoms with Gasteiger partial charge in [-0.2, -0.15) is 0 Å². The molecule has 0 aliphatic carbocycles. The highest BCUT2D eigenvalue weighted by Gasteiger charge is 2.02. The Morgan fingerprint density at radius 1 is 0.750 bits per heavy atom. The lowest BCUT2D eigenvalue weighted by Gasteiger charge is -2.06. The van der Waals surface area contributed by atoms with Gasteiger partial charge in [0.25, 0.3) is 0 Å². The minimum atomic E-state index is -0.178. The summed E-state index contributed by atoms with van der Waals surface area (Å²) in [5.74, 6) is -0.178. The predicted octanol–water partition coefficient (Wildman–Crippen LogP) is 3.24. The number of rotatable bonds is 4. The Kier molecular flexibility index (Phi) is 3.75. The zero-order valence-electron chi connectivity index (χ0n) is 11.2. The first kappa shape index (κ1) is 12.8. The summed E-state index contributed by atoms with van der Waals surface area (Å²) in [5.41, 5.74) is 2.48. The molecule has 2 N–H and O–H groups in total. The summed E-state index contributed by atoms with van der Waals surface area (Å²) in [6.07, 6.45) is 0. The van der Waals surface area contributed by atoms with Crippen molar-refractivity contribution in [3.05, 3.63) is 83.7 Å². The van der Waals surface area contributed by atoms with Crippen molar-refractivity contribution in [1.29, 1.82) is 0 Å². The second-order valence-electron chi connectivity index (χ2n) is 4.96. The quantitative estimate of drug-likeness (QED) is 0.746. The number of fused-ring (bicyclic) bond motifs is 1. The number of halogens is 1. The molecule has 0 heterocycles. The van der Waals surface area contributed by atoms with Crippen molar-refractivity contribution in [2.24, 2.45) is 0 Å². The standard InChI is InChI=1S/C18H16FN/c19-17-10-8-14(9-11-17)12-20-13-16-6-3-5-15-4-1-2-7-18(15)16/h1-11,20H,12-13H2/p+1. The summed E-state index contributed by atoms with van der Waals surface area (Å²) < 4.78 is 12.8. The van der Waals surface area contributed by atoms with Gasteiger partial charge < -0.3 is 5.32 Å². The summed E-state index contributed by atoms with van der Waals surface area (Å²) in [4.78, 5) is 0. The highest BCUT2D eigenvalue weighted by Crippen LogP contribution is 2.17. The van der Waals surface area contributed by atoms with Crippen molar-refractivity contribution in [1.82, 2.24) is 0 Å². The van der Waals surface area contributed by atoms with Crippen LogP contribution in [0.3, 0.4) is 0 Å². The molecule has 0 aliphatic rings. The Bertz CT molecular complexity index is 699. The third-order valence-corrected chi connectivity index (χ3v) is 3.54. The van der Waals surface area contributed by atoms with E-state index in [-0.39, 0.29) is 5.82 Å². The highest BCUT2D eigenvalue weighted by atomic mass is 19.1. The van der Waals surface area contributed by atoms with Gasteiger partial charge in [-0.05, 0) is 22.9 Å². The molecule has 100 valence electrons. The molecule has 0 fully saturated rings. The molecular weight excluding hydrogens is 249 g/mol. The first-order chi connectivity index (χ1) is 9.83. The maximum atomic E-state index is 12.8. The summed E-state index contributed by atoms with van der Waals surface area (Å²) in [7, 11) is 0. The van der Waals surface area contributed by atoms with Crippen LogP contribution in [0.1, 0.15) is 11.1 Å². The molecule has 3 aromatic rings. The van der Waals surface area contributed by atoms with Crippen molar-refractivity contribution in [2.45, 2.75) is 13.1 Å². The maximum absolute atomic E-state index is 12.8. The zero-order valence-corrected chi connectivity index (χ0v) is 11.2. The summed E-state index contributed by atoms with van der Waals surface area (Å²) in [6, 6.07) is 21.6. The van der Waals surface area contributed by atoms with Gasteiger partial charge in [0.2, 0.25) is 0 Å². The van der Waals surface area contributed by atoms with Crippen LogP contribution in [0.25, 0.3) is 10.8 Å². The summed E-state index contributed by atoms with van der Waals surface area (Å²) in [5, 5.41) is 4.83. The van der Waals surface area contributed by atoms with E-state index in [1.54, 1.807) is 0 Å². The van der Waals surface area contributed by atoms with Gasteiger partial charge in [-0.15, -0.1) is 0 Å². The zero-order chi connectivity index (χ0) is 13.8. The van der Waals surface area contributed by atoms with Crippen LogP contribution in [-0.2, 0) is 13.1 Å². The molecule has 0 aromatic heterocycles. The van der Waals surface area contributed by atoms with E-state index in [4.69, 9.17) is 0 Å². The number of benzene rings is 3. The van der Waals surface area contributed by atoms with E-state index >= 15 is 0 Å². The van der Waals surface area contributed by atoms with E-state index in [1.165, 1.54) is 28.5 Å². The normalized spacial score (nSPS) is 10.8. The van der Waals surface area contributed by atoms with E-state index in [0.29, 0.717) is 0 Å². The van der Waals surface area contributed by atoms with E-state index in [0.717, 1.165) is 18.7 Å². The molecule has 20 heavy (non-hydrogen) atoms. The predicted molar refractivity (Wildman–Crippen MR) is 79.7 cm³/mol. The SMILES string of the molecule is Fc1ccc(C[NH2+]Cc2cccc3ccccc23)cc1. The molecule has 0 saturated carbocycles. The number of hydrogen-bond acceptors (Lipinski definition) is 0. The number of hydrogen-bond donors (Lipinski definition) is 1. The van der Waals surface area contributed by atoms with Crippen LogP contribution in [0, 0.1) is 5.82 Å². The van der Waals surface area contributed by atoms with Gasteiger partial charge in [0.05, 0.1) is 0 Å². The third kappa shape index (κ3) is 2.86. The van der Waals surface area contributed by atoms with Crippen molar-refractivity contribution in [3.63, 3.8) is 0 Å². The minimum Gasteiger partial charge on any atom is -0.339 e. The average molecular weight is 266 g/mol. The van der Waals surface area contributed by atoms with Crippen LogP contribution in [0.2, 0.25) is 0 Å². The first-order valence-corrected chi connectivity index (χ1v) is 6.86. The van der Waals surface area contributed by atoms with Gasteiger partial charge in [0.1, 0.15) is 18.9 Å². The second-order valence-corrected chi connectivity index (χ2v) is 4.96. The smallest absolute Gasteiger partial charge is 0.123 e. The average Bonchev–Trinajstić information content (AvgIpc) is 2.49. The molecule has 0 amide bonds. The summed E-state index contributed by atoms with van der Waals surface area (Å²) >= 11 is 0. The van der Waals surface area contributed by atoms with Crippen molar-refractivity contribution in [3.8, 4) is 0 Å². The van der Waals surface area contributed by atoms with Gasteiger partial charge in [-0.3, -0.25) is 0 Å². The Hall–Kier alpha value is -2.19. The van der Waals surface area contributed by atoms with E-state index in [9.17, 15) is 4.39 Å². The molecule has 0 spiro atoms. The van der Waals surface area contributed by atoms with Crippen molar-refractivity contribution in [2.75, 3.05) is 0 Å². The lowest BCUT2D eigenvalue weighted by Crippen LogP contribution is -2.80. The van der Waals surface area contributed by atoms with E-state index in [2.05, 4.69) is 47.8 Å². The molecule has 3 rings (SSSR count). The third-order valence-electron chi connectivity index (χ3n) is 3.54. The van der Waals surface area contributed by atoms with Gasteiger partial charge in [0, 0.05) is 11.1 Å². The van der Waals surface area contributed by atoms with Crippen LogP contribution in [0.5, 0.6) is 0 Å². The van der Waals surface area contributed by atoms with Crippen molar-refractivity contribution >= 4 is 10.8 Å². The first-order valence-electron chi connectivity index (χ1n) is 6.86. The topological polar surface area (TPSA) is 16.6 Å². The molecule has 0 saturated heterocycles. The minimum absolute atomic E-state index is 0.178. The fraction of sp³-hybridized carbons (Fsp3) is 0.111. The van der Waals surface area contributed by atoms with Crippen LogP contribution in [0.15, 0.2) is 66.7 Å². The fourth-order valence-corrected chi connectivity index (χ4v) is 2.49. The Morgan fingerprint density at radius 3 is 2.35 bits per heavy atom. The molecule has 0 unspecified atom stereocenters. The van der Waals surface area contributed by atoms with Gasteiger partial charge in [0.15, 0.2) is 0 Å². The lowest BCUT2D eigenvalue weighted by molar-refractivity contribution is -0.686. The Labute approximate surface area is 118 Å². The molecule has 0 atom stereocenters. The fourth-order valence-electron chi connectivity index (χ4n) is 2.49. The van der Waals surface area contributed by atoms with Gasteiger partial charge in [-0.25, -0.2) is 4.39 Å². The largest absolute Gasteiger partial charge is 0.339 e. The van der Waals surface area contributed by atoms with Crippen molar-refractivity contribution < 1.29 is 9.71 Å². The summed E-state index contributed by atoms with van der Waals surface area (Å²) in [6.45, 7) is 1.79. The number of nitrogens with two attached hydrogens (primary N) is 1. The molecule has 1 nitrogen and oxygen atoms in total. The van der Waals surface area contributed by atoms with E-state index in [1.807, 2.05) is 12.1 Å². The highest BCUT2D eigenvalue weighted by molar-refractivity contribution is 5.85. The second kappa shape index (κ2) is 5.85. The number of quaternary nitrogens is 1. The van der Waals surface area contributed by atoms with Gasteiger partial charge >= 0.3 is 0 Å². The lowest BCUT2D eigenvalue weighted by atomic mass is 10.0. The Balaban J connectivity index is 1.69. The molecular formula is C18H17FN+. The van der Waals surface area contributed by atoms with Gasteiger partial charge in [-0.1, -0.05) is 54.6 Å². The van der Waals surface area contributed by atoms with E-state index < -0.39 is 0 Å². The Morgan fingerprint density at radius 2 is 1.50 bits per heavy atom. The maximum Gasteiger partial charge on any atom is 0.123 e. The molecule has 2 heteroatoms. The molecule has 0 radical (unpaired) electrons. The monoisotopic (exact) mass is 266 g/mol.